The normalized spacial score (nSPS) is 16.9. The van der Waals surface area contributed by atoms with Gasteiger partial charge in [0.15, 0.2) is 4.90 Å². The molecule has 128 valence electrons. The van der Waals surface area contributed by atoms with E-state index in [0.29, 0.717) is 12.3 Å². The lowest BCUT2D eigenvalue weighted by molar-refractivity contribution is 0.0408. The molecule has 0 amide bonds. The number of pyridine rings is 1. The summed E-state index contributed by atoms with van der Waals surface area (Å²) in [5.41, 5.74) is 8.55. The standard InChI is InChI=1S/C18H23N3O2S/c19-13-17-4-1-16(14-20-17)15-2-5-18(6-3-15)24(22)12-9-21-7-10-23-11-8-21/h1-6,14H,7-13,19H2. The van der Waals surface area contributed by atoms with Gasteiger partial charge in [0.25, 0.3) is 0 Å². The first-order valence-corrected chi connectivity index (χ1v) is 9.52. The maximum Gasteiger partial charge on any atom is 0.152 e. The minimum absolute atomic E-state index is 0.446. The molecule has 1 atom stereocenters. The molecule has 0 radical (unpaired) electrons. The van der Waals surface area contributed by atoms with Gasteiger partial charge < -0.3 is 15.0 Å². The average molecular weight is 345 g/mol. The summed E-state index contributed by atoms with van der Waals surface area (Å²) in [7, 11) is 0. The average Bonchev–Trinajstić information content (AvgIpc) is 2.67. The second kappa shape index (κ2) is 8.60. The number of benzene rings is 1. The van der Waals surface area contributed by atoms with Gasteiger partial charge in [-0.3, -0.25) is 9.88 Å². The molecule has 0 spiro atoms. The Kier molecular flexibility index (Phi) is 6.23. The van der Waals surface area contributed by atoms with Gasteiger partial charge in [0, 0.05) is 37.9 Å². The number of ether oxygens (including phenoxy) is 1. The third-order valence-electron chi connectivity index (χ3n) is 4.18. The Morgan fingerprint density at radius 1 is 1.08 bits per heavy atom. The van der Waals surface area contributed by atoms with Crippen molar-refractivity contribution in [3.05, 3.63) is 48.3 Å². The topological polar surface area (TPSA) is 74.4 Å². The number of hydrogen-bond acceptors (Lipinski definition) is 5. The van der Waals surface area contributed by atoms with Crippen LogP contribution in [0.15, 0.2) is 47.5 Å². The molecule has 2 aromatic rings. The largest absolute Gasteiger partial charge is 0.611 e. The van der Waals surface area contributed by atoms with E-state index in [4.69, 9.17) is 10.5 Å². The van der Waals surface area contributed by atoms with Crippen LogP contribution in [-0.4, -0.2) is 53.0 Å². The van der Waals surface area contributed by atoms with Gasteiger partial charge in [-0.25, -0.2) is 0 Å². The second-order valence-electron chi connectivity index (χ2n) is 5.77. The van der Waals surface area contributed by atoms with Gasteiger partial charge in [-0.15, -0.1) is 0 Å². The van der Waals surface area contributed by atoms with Crippen molar-refractivity contribution in [1.82, 2.24) is 9.88 Å². The summed E-state index contributed by atoms with van der Waals surface area (Å²) in [6, 6.07) is 11.8. The van der Waals surface area contributed by atoms with Crippen molar-refractivity contribution in [3.8, 4) is 11.1 Å². The summed E-state index contributed by atoms with van der Waals surface area (Å²) in [4.78, 5) is 7.49. The number of aromatic nitrogens is 1. The minimum Gasteiger partial charge on any atom is -0.611 e. The highest BCUT2D eigenvalue weighted by Gasteiger charge is 2.16. The van der Waals surface area contributed by atoms with E-state index < -0.39 is 11.2 Å². The van der Waals surface area contributed by atoms with Gasteiger partial charge in [-0.05, 0) is 47.1 Å². The molecule has 3 rings (SSSR count). The molecule has 1 fully saturated rings. The Hall–Kier alpha value is -1.44. The van der Waals surface area contributed by atoms with Crippen LogP contribution in [0.2, 0.25) is 0 Å². The van der Waals surface area contributed by atoms with Gasteiger partial charge in [-0.1, -0.05) is 6.07 Å². The zero-order valence-electron chi connectivity index (χ0n) is 13.7. The van der Waals surface area contributed by atoms with Crippen LogP contribution in [0.4, 0.5) is 0 Å². The molecule has 0 bridgehead atoms. The highest BCUT2D eigenvalue weighted by molar-refractivity contribution is 7.91. The predicted octanol–water partition coefficient (Wildman–Crippen LogP) is 1.65. The van der Waals surface area contributed by atoms with E-state index in [1.807, 2.05) is 42.6 Å². The van der Waals surface area contributed by atoms with Gasteiger partial charge >= 0.3 is 0 Å². The first kappa shape index (κ1) is 17.4. The van der Waals surface area contributed by atoms with Gasteiger partial charge in [0.1, 0.15) is 5.75 Å². The summed E-state index contributed by atoms with van der Waals surface area (Å²) in [6.07, 6.45) is 1.83. The molecule has 0 saturated carbocycles. The van der Waals surface area contributed by atoms with Crippen LogP contribution >= 0.6 is 0 Å². The number of nitrogens with zero attached hydrogens (tertiary/aromatic N) is 2. The third kappa shape index (κ3) is 4.55. The van der Waals surface area contributed by atoms with E-state index >= 15 is 0 Å². The molecular weight excluding hydrogens is 322 g/mol. The summed E-state index contributed by atoms with van der Waals surface area (Å²) in [5, 5.41) is 0. The Morgan fingerprint density at radius 3 is 2.42 bits per heavy atom. The van der Waals surface area contributed by atoms with E-state index in [1.54, 1.807) is 0 Å². The molecule has 2 heterocycles. The Bertz CT molecular complexity index is 628. The van der Waals surface area contributed by atoms with E-state index in [0.717, 1.165) is 54.6 Å². The molecule has 1 saturated heterocycles. The van der Waals surface area contributed by atoms with Crippen LogP contribution in [0.1, 0.15) is 5.69 Å². The predicted molar refractivity (Wildman–Crippen MR) is 96.1 cm³/mol. The van der Waals surface area contributed by atoms with Crippen molar-refractivity contribution in [1.29, 1.82) is 0 Å². The molecule has 24 heavy (non-hydrogen) atoms. The van der Waals surface area contributed by atoms with Crippen molar-refractivity contribution in [2.24, 2.45) is 5.73 Å². The summed E-state index contributed by atoms with van der Waals surface area (Å²) in [6.45, 7) is 4.71. The quantitative estimate of drug-likeness (QED) is 0.806. The molecule has 1 unspecified atom stereocenters. The van der Waals surface area contributed by atoms with Crippen LogP contribution in [0.3, 0.4) is 0 Å². The molecule has 2 N–H and O–H groups in total. The Balaban J connectivity index is 1.58. The number of rotatable bonds is 6. The fourth-order valence-corrected chi connectivity index (χ4v) is 3.77. The van der Waals surface area contributed by atoms with Crippen molar-refractivity contribution in [2.45, 2.75) is 11.4 Å². The van der Waals surface area contributed by atoms with E-state index in [-0.39, 0.29) is 0 Å². The smallest absolute Gasteiger partial charge is 0.152 e. The molecule has 5 nitrogen and oxygen atoms in total. The summed E-state index contributed by atoms with van der Waals surface area (Å²) in [5.74, 6) is 0.659. The lowest BCUT2D eigenvalue weighted by Crippen LogP contribution is -2.39. The van der Waals surface area contributed by atoms with E-state index in [2.05, 4.69) is 9.88 Å². The molecule has 0 aliphatic carbocycles. The fraction of sp³-hybridized carbons (Fsp3) is 0.389. The second-order valence-corrected chi connectivity index (χ2v) is 7.34. The number of nitrogens with two attached hydrogens (primary N) is 1. The molecule has 1 aliphatic rings. The van der Waals surface area contributed by atoms with Crippen molar-refractivity contribution in [2.75, 3.05) is 38.6 Å². The van der Waals surface area contributed by atoms with Crippen molar-refractivity contribution in [3.63, 3.8) is 0 Å². The maximum atomic E-state index is 12.4. The van der Waals surface area contributed by atoms with Crippen LogP contribution in [0, 0.1) is 0 Å². The summed E-state index contributed by atoms with van der Waals surface area (Å²) >= 11 is -0.969. The third-order valence-corrected chi connectivity index (χ3v) is 5.53. The summed E-state index contributed by atoms with van der Waals surface area (Å²) < 4.78 is 17.8. The Labute approximate surface area is 146 Å². The number of morpholine rings is 1. The van der Waals surface area contributed by atoms with Crippen molar-refractivity contribution < 1.29 is 9.29 Å². The lowest BCUT2D eigenvalue weighted by Gasteiger charge is -2.26. The fourth-order valence-electron chi connectivity index (χ4n) is 2.67. The highest BCUT2D eigenvalue weighted by Crippen LogP contribution is 2.21. The Morgan fingerprint density at radius 2 is 1.79 bits per heavy atom. The number of hydrogen-bond donors (Lipinski definition) is 1. The molecule has 6 heteroatoms. The maximum absolute atomic E-state index is 12.4. The van der Waals surface area contributed by atoms with Gasteiger partial charge in [0.05, 0.1) is 18.9 Å². The monoisotopic (exact) mass is 345 g/mol. The molecule has 1 aromatic heterocycles. The van der Waals surface area contributed by atoms with Crippen LogP contribution in [0.5, 0.6) is 0 Å². The van der Waals surface area contributed by atoms with E-state index in [9.17, 15) is 4.55 Å². The van der Waals surface area contributed by atoms with Gasteiger partial charge in [0.2, 0.25) is 0 Å². The molecule has 1 aliphatic heterocycles. The molecular formula is C18H23N3O2S. The van der Waals surface area contributed by atoms with Crippen LogP contribution < -0.4 is 5.73 Å². The van der Waals surface area contributed by atoms with Crippen LogP contribution in [0.25, 0.3) is 11.1 Å². The zero-order valence-corrected chi connectivity index (χ0v) is 14.5. The first-order valence-electron chi connectivity index (χ1n) is 8.20. The SMILES string of the molecule is NCc1ccc(-c2ccc([S+]([O-])CCN3CCOCC3)cc2)cn1. The van der Waals surface area contributed by atoms with E-state index in [1.165, 1.54) is 0 Å². The first-order chi connectivity index (χ1) is 11.8. The highest BCUT2D eigenvalue weighted by atomic mass is 32.2. The van der Waals surface area contributed by atoms with Gasteiger partial charge in [-0.2, -0.15) is 0 Å². The lowest BCUT2D eigenvalue weighted by atomic mass is 10.1. The minimum atomic E-state index is -0.969. The zero-order chi connectivity index (χ0) is 16.8. The van der Waals surface area contributed by atoms with Crippen molar-refractivity contribution >= 4 is 11.2 Å². The molecule has 1 aromatic carbocycles. The van der Waals surface area contributed by atoms with Crippen LogP contribution in [-0.2, 0) is 22.5 Å².